The highest BCUT2D eigenvalue weighted by atomic mass is 32.1. The number of nitrogens with zero attached hydrogens (tertiary/aromatic N) is 2. The second-order valence-corrected chi connectivity index (χ2v) is 6.05. The standard InChI is InChI=1S/C16H14N2O4S/c17-9-12-13(10-2-1-3-11(19)8-10)14(16(20)21)23-15(12)18-4-6-22-7-5-18/h1-3,8,19H,4-7H2,(H,20,21). The SMILES string of the molecule is N#Cc1c(N2CCOCC2)sc(C(=O)O)c1-c1cccc(O)c1. The monoisotopic (exact) mass is 330 g/mol. The zero-order valence-electron chi connectivity index (χ0n) is 12.2. The van der Waals surface area contributed by atoms with E-state index in [-0.39, 0.29) is 10.6 Å². The number of nitriles is 1. The molecule has 1 fully saturated rings. The normalized spacial score (nSPS) is 14.5. The number of thiophene rings is 1. The predicted molar refractivity (Wildman–Crippen MR) is 86.1 cm³/mol. The van der Waals surface area contributed by atoms with Gasteiger partial charge in [-0.2, -0.15) is 5.26 Å². The number of hydrogen-bond acceptors (Lipinski definition) is 6. The van der Waals surface area contributed by atoms with Crippen LogP contribution in [0.25, 0.3) is 11.1 Å². The number of rotatable bonds is 3. The van der Waals surface area contributed by atoms with Gasteiger partial charge in [0, 0.05) is 18.7 Å². The zero-order chi connectivity index (χ0) is 16.4. The Morgan fingerprint density at radius 1 is 1.35 bits per heavy atom. The number of phenolic OH excluding ortho intramolecular Hbond substituents is 1. The molecule has 0 spiro atoms. The highest BCUT2D eigenvalue weighted by Crippen LogP contribution is 2.42. The predicted octanol–water partition coefficient (Wildman–Crippen LogP) is 2.53. The Morgan fingerprint density at radius 2 is 2.09 bits per heavy atom. The summed E-state index contributed by atoms with van der Waals surface area (Å²) >= 11 is 1.09. The average molecular weight is 330 g/mol. The van der Waals surface area contributed by atoms with Gasteiger partial charge in [-0.15, -0.1) is 11.3 Å². The zero-order valence-corrected chi connectivity index (χ0v) is 13.0. The first-order valence-corrected chi connectivity index (χ1v) is 7.85. The number of aromatic carboxylic acids is 1. The summed E-state index contributed by atoms with van der Waals surface area (Å²) in [5, 5.41) is 29.4. The molecule has 0 atom stereocenters. The minimum absolute atomic E-state index is 0.0295. The Kier molecular flexibility index (Phi) is 4.19. The maximum atomic E-state index is 11.6. The molecule has 0 saturated carbocycles. The molecule has 0 aliphatic carbocycles. The summed E-state index contributed by atoms with van der Waals surface area (Å²) in [7, 11) is 0. The van der Waals surface area contributed by atoms with E-state index in [4.69, 9.17) is 4.74 Å². The van der Waals surface area contributed by atoms with Gasteiger partial charge in [0.2, 0.25) is 0 Å². The minimum Gasteiger partial charge on any atom is -0.508 e. The Bertz CT molecular complexity index is 788. The van der Waals surface area contributed by atoms with Crippen molar-refractivity contribution >= 4 is 22.3 Å². The molecule has 7 heteroatoms. The Labute approximate surface area is 136 Å². The van der Waals surface area contributed by atoms with Crippen LogP contribution in [0, 0.1) is 11.3 Å². The third-order valence-corrected chi connectivity index (χ3v) is 4.87. The fraction of sp³-hybridized carbons (Fsp3) is 0.250. The van der Waals surface area contributed by atoms with E-state index < -0.39 is 5.97 Å². The van der Waals surface area contributed by atoms with Crippen molar-refractivity contribution in [1.82, 2.24) is 0 Å². The van der Waals surface area contributed by atoms with Crippen molar-refractivity contribution in [3.8, 4) is 22.9 Å². The van der Waals surface area contributed by atoms with Crippen molar-refractivity contribution in [3.05, 3.63) is 34.7 Å². The number of aromatic hydroxyl groups is 1. The van der Waals surface area contributed by atoms with Crippen molar-refractivity contribution < 1.29 is 19.7 Å². The Morgan fingerprint density at radius 3 is 2.70 bits per heavy atom. The first kappa shape index (κ1) is 15.3. The van der Waals surface area contributed by atoms with E-state index in [1.165, 1.54) is 12.1 Å². The molecule has 2 N–H and O–H groups in total. The molecular formula is C16H14N2O4S. The molecule has 1 aromatic carbocycles. The van der Waals surface area contributed by atoms with Crippen LogP contribution in [0.15, 0.2) is 24.3 Å². The van der Waals surface area contributed by atoms with Crippen LogP contribution in [0.3, 0.4) is 0 Å². The smallest absolute Gasteiger partial charge is 0.346 e. The van der Waals surface area contributed by atoms with Gasteiger partial charge in [0.25, 0.3) is 0 Å². The lowest BCUT2D eigenvalue weighted by Gasteiger charge is -2.27. The molecule has 1 aliphatic rings. The van der Waals surface area contributed by atoms with Crippen LogP contribution in [0.4, 0.5) is 5.00 Å². The van der Waals surface area contributed by atoms with Crippen LogP contribution in [-0.4, -0.2) is 42.5 Å². The molecule has 23 heavy (non-hydrogen) atoms. The number of ether oxygens (including phenoxy) is 1. The summed E-state index contributed by atoms with van der Waals surface area (Å²) < 4.78 is 5.31. The van der Waals surface area contributed by atoms with E-state index >= 15 is 0 Å². The number of benzene rings is 1. The number of carboxylic acid groups (broad SMARTS) is 1. The van der Waals surface area contributed by atoms with Crippen molar-refractivity contribution in [3.63, 3.8) is 0 Å². The fourth-order valence-electron chi connectivity index (χ4n) is 2.60. The van der Waals surface area contributed by atoms with Crippen LogP contribution in [0.5, 0.6) is 5.75 Å². The maximum Gasteiger partial charge on any atom is 0.346 e. The second kappa shape index (κ2) is 6.28. The molecular weight excluding hydrogens is 316 g/mol. The maximum absolute atomic E-state index is 11.6. The molecule has 0 amide bonds. The van der Waals surface area contributed by atoms with Crippen LogP contribution in [0.2, 0.25) is 0 Å². The molecule has 0 bridgehead atoms. The molecule has 1 aromatic heterocycles. The molecule has 118 valence electrons. The van der Waals surface area contributed by atoms with Gasteiger partial charge >= 0.3 is 5.97 Å². The summed E-state index contributed by atoms with van der Waals surface area (Å²) in [6.45, 7) is 2.33. The highest BCUT2D eigenvalue weighted by Gasteiger charge is 2.27. The first-order chi connectivity index (χ1) is 11.1. The van der Waals surface area contributed by atoms with E-state index in [1.807, 2.05) is 4.90 Å². The largest absolute Gasteiger partial charge is 0.508 e. The Balaban J connectivity index is 2.19. The quantitative estimate of drug-likeness (QED) is 0.898. The molecule has 3 rings (SSSR count). The number of morpholine rings is 1. The van der Waals surface area contributed by atoms with Crippen LogP contribution < -0.4 is 4.90 Å². The summed E-state index contributed by atoms with van der Waals surface area (Å²) in [6, 6.07) is 8.43. The molecule has 0 unspecified atom stereocenters. The van der Waals surface area contributed by atoms with Crippen LogP contribution >= 0.6 is 11.3 Å². The molecule has 1 saturated heterocycles. The topological polar surface area (TPSA) is 93.8 Å². The van der Waals surface area contributed by atoms with E-state index in [1.54, 1.807) is 12.1 Å². The third kappa shape index (κ3) is 2.86. The fourth-order valence-corrected chi connectivity index (χ4v) is 3.76. The lowest BCUT2D eigenvalue weighted by Crippen LogP contribution is -2.36. The lowest BCUT2D eigenvalue weighted by molar-refractivity contribution is 0.0703. The molecule has 6 nitrogen and oxygen atoms in total. The van der Waals surface area contributed by atoms with Gasteiger partial charge in [-0.25, -0.2) is 4.79 Å². The van der Waals surface area contributed by atoms with E-state index in [0.29, 0.717) is 48.0 Å². The summed E-state index contributed by atoms with van der Waals surface area (Å²) in [5.41, 5.74) is 1.22. The van der Waals surface area contributed by atoms with Gasteiger partial charge in [-0.05, 0) is 17.7 Å². The summed E-state index contributed by atoms with van der Waals surface area (Å²) in [4.78, 5) is 13.7. The van der Waals surface area contributed by atoms with Gasteiger partial charge in [0.1, 0.15) is 21.7 Å². The molecule has 0 radical (unpaired) electrons. The lowest BCUT2D eigenvalue weighted by atomic mass is 10.0. The number of phenols is 1. The minimum atomic E-state index is -1.08. The number of hydrogen-bond donors (Lipinski definition) is 2. The third-order valence-electron chi connectivity index (χ3n) is 3.63. The Hall–Kier alpha value is -2.56. The van der Waals surface area contributed by atoms with E-state index in [0.717, 1.165) is 11.3 Å². The van der Waals surface area contributed by atoms with E-state index in [9.17, 15) is 20.3 Å². The number of anilines is 1. The van der Waals surface area contributed by atoms with Crippen molar-refractivity contribution in [2.24, 2.45) is 0 Å². The van der Waals surface area contributed by atoms with Crippen molar-refractivity contribution in [1.29, 1.82) is 5.26 Å². The average Bonchev–Trinajstić information content (AvgIpc) is 2.95. The summed E-state index contributed by atoms with van der Waals surface area (Å²) in [5.74, 6) is -1.05. The van der Waals surface area contributed by atoms with Crippen LogP contribution in [0.1, 0.15) is 15.2 Å². The first-order valence-electron chi connectivity index (χ1n) is 7.04. The summed E-state index contributed by atoms with van der Waals surface area (Å²) in [6.07, 6.45) is 0. The number of carboxylic acids is 1. The molecule has 1 aliphatic heterocycles. The molecule has 2 heterocycles. The van der Waals surface area contributed by atoms with Crippen molar-refractivity contribution in [2.45, 2.75) is 0 Å². The van der Waals surface area contributed by atoms with Gasteiger partial charge in [-0.3, -0.25) is 0 Å². The van der Waals surface area contributed by atoms with Gasteiger partial charge in [-0.1, -0.05) is 12.1 Å². The van der Waals surface area contributed by atoms with Gasteiger partial charge in [0.15, 0.2) is 0 Å². The number of carbonyl (C=O) groups is 1. The second-order valence-electron chi connectivity index (χ2n) is 5.05. The van der Waals surface area contributed by atoms with Gasteiger partial charge < -0.3 is 19.8 Å². The van der Waals surface area contributed by atoms with Crippen LogP contribution in [-0.2, 0) is 4.74 Å². The molecule has 2 aromatic rings. The van der Waals surface area contributed by atoms with Crippen molar-refractivity contribution in [2.75, 3.05) is 31.2 Å². The van der Waals surface area contributed by atoms with E-state index in [2.05, 4.69) is 6.07 Å². The highest BCUT2D eigenvalue weighted by molar-refractivity contribution is 7.18. The van der Waals surface area contributed by atoms with Gasteiger partial charge in [0.05, 0.1) is 18.8 Å².